The highest BCUT2D eigenvalue weighted by Crippen LogP contribution is 2.36. The fraction of sp³-hybridized carbons (Fsp3) is 0.650. The first-order valence-electron chi connectivity index (χ1n) is 9.38. The number of carbonyl (C=O) groups excluding carboxylic acids is 1. The Bertz CT molecular complexity index is 551. The van der Waals surface area contributed by atoms with Crippen LogP contribution in [0.4, 0.5) is 0 Å². The molecule has 4 rings (SSSR count). The van der Waals surface area contributed by atoms with Gasteiger partial charge >= 0.3 is 0 Å². The minimum Gasteiger partial charge on any atom is -0.375 e. The third-order valence-electron chi connectivity index (χ3n) is 5.67. The van der Waals surface area contributed by atoms with Crippen molar-refractivity contribution in [3.05, 3.63) is 35.9 Å². The van der Waals surface area contributed by atoms with Gasteiger partial charge in [-0.05, 0) is 43.8 Å². The summed E-state index contributed by atoms with van der Waals surface area (Å²) in [5, 5.41) is 3.01. The Hall–Kier alpha value is -1.43. The van der Waals surface area contributed by atoms with Gasteiger partial charge in [0, 0.05) is 39.3 Å². The minimum absolute atomic E-state index is 0.00992. The molecule has 3 fully saturated rings. The van der Waals surface area contributed by atoms with E-state index in [2.05, 4.69) is 52.5 Å². The zero-order valence-corrected chi connectivity index (χ0v) is 15.5. The number of piperidine rings is 3. The predicted octanol–water partition coefficient (Wildman–Crippen LogP) is 1.59. The Kier molecular flexibility index (Phi) is 6.45. The number of methoxy groups -OCH3 is 1. The molecule has 1 unspecified atom stereocenters. The predicted molar refractivity (Wildman–Crippen MR) is 99.2 cm³/mol. The van der Waals surface area contributed by atoms with Crippen LogP contribution in [0.2, 0.25) is 0 Å². The maximum atomic E-state index is 11.6. The highest BCUT2D eigenvalue weighted by atomic mass is 16.5. The van der Waals surface area contributed by atoms with Crippen LogP contribution < -0.4 is 5.32 Å². The van der Waals surface area contributed by atoms with Gasteiger partial charge in [0.1, 0.15) is 6.61 Å². The Morgan fingerprint density at radius 3 is 2.84 bits per heavy atom. The molecular formula is C20H31N3O2. The largest absolute Gasteiger partial charge is 0.375 e. The molecule has 138 valence electrons. The van der Waals surface area contributed by atoms with Crippen molar-refractivity contribution in [2.75, 3.05) is 46.9 Å². The van der Waals surface area contributed by atoms with Crippen LogP contribution in [0.25, 0.3) is 0 Å². The summed E-state index contributed by atoms with van der Waals surface area (Å²) in [7, 11) is 3.79. The normalized spacial score (nSPS) is 28.3. The van der Waals surface area contributed by atoms with Crippen molar-refractivity contribution in [3.63, 3.8) is 0 Å². The lowest BCUT2D eigenvalue weighted by Crippen LogP contribution is -2.58. The molecule has 3 heterocycles. The molecule has 3 aliphatic heterocycles. The van der Waals surface area contributed by atoms with Gasteiger partial charge in [-0.3, -0.25) is 9.69 Å². The molecule has 2 bridgehead atoms. The van der Waals surface area contributed by atoms with Crippen molar-refractivity contribution < 1.29 is 9.53 Å². The molecule has 0 aromatic heterocycles. The fourth-order valence-corrected chi connectivity index (χ4v) is 4.44. The van der Waals surface area contributed by atoms with Crippen molar-refractivity contribution >= 4 is 5.91 Å². The van der Waals surface area contributed by atoms with E-state index in [0.717, 1.165) is 38.0 Å². The lowest BCUT2D eigenvalue weighted by atomic mass is 9.75. The van der Waals surface area contributed by atoms with Gasteiger partial charge < -0.3 is 15.0 Å². The summed E-state index contributed by atoms with van der Waals surface area (Å²) >= 11 is 0. The second-order valence-corrected chi connectivity index (χ2v) is 7.61. The van der Waals surface area contributed by atoms with Gasteiger partial charge in [0.15, 0.2) is 0 Å². The Balaban J connectivity index is 1.46. The first-order valence-corrected chi connectivity index (χ1v) is 9.38. The van der Waals surface area contributed by atoms with Crippen LogP contribution in [0, 0.1) is 11.8 Å². The van der Waals surface area contributed by atoms with E-state index in [4.69, 9.17) is 4.74 Å². The summed E-state index contributed by atoms with van der Waals surface area (Å²) in [5.74, 6) is 1.52. The number of nitrogens with one attached hydrogen (secondary N) is 1. The molecule has 0 saturated carbocycles. The summed E-state index contributed by atoms with van der Waals surface area (Å²) in [6.07, 6.45) is 2.50. The number of amides is 1. The second kappa shape index (κ2) is 8.79. The van der Waals surface area contributed by atoms with Crippen LogP contribution in [0.3, 0.4) is 0 Å². The van der Waals surface area contributed by atoms with Crippen LogP contribution in [0.5, 0.6) is 0 Å². The third-order valence-corrected chi connectivity index (χ3v) is 5.67. The molecule has 25 heavy (non-hydrogen) atoms. The summed E-state index contributed by atoms with van der Waals surface area (Å²) < 4.78 is 4.88. The molecule has 3 aliphatic rings. The van der Waals surface area contributed by atoms with Crippen molar-refractivity contribution in [1.82, 2.24) is 15.1 Å². The number of ether oxygens (including phenoxy) is 1. The fourth-order valence-electron chi connectivity index (χ4n) is 4.44. The number of carbonyl (C=O) groups is 1. The molecule has 1 N–H and O–H groups in total. The van der Waals surface area contributed by atoms with Gasteiger partial charge in [0.2, 0.25) is 5.91 Å². The molecule has 0 aliphatic carbocycles. The molecule has 1 aromatic rings. The van der Waals surface area contributed by atoms with Gasteiger partial charge in [0.25, 0.3) is 0 Å². The number of nitrogens with zero attached hydrogens (tertiary/aromatic N) is 2. The zero-order chi connectivity index (χ0) is 17.6. The summed E-state index contributed by atoms with van der Waals surface area (Å²) in [4.78, 5) is 16.6. The molecule has 5 heteroatoms. The first kappa shape index (κ1) is 18.4. The summed E-state index contributed by atoms with van der Waals surface area (Å²) in [5.41, 5.74) is 1.38. The number of fused-ring (bicyclic) bond motifs is 3. The van der Waals surface area contributed by atoms with E-state index in [0.29, 0.717) is 6.04 Å². The number of hydrogen-bond acceptors (Lipinski definition) is 4. The van der Waals surface area contributed by atoms with E-state index in [-0.39, 0.29) is 12.5 Å². The Morgan fingerprint density at radius 1 is 1.36 bits per heavy atom. The summed E-state index contributed by atoms with van der Waals surface area (Å²) in [6.45, 7) is 5.41. The highest BCUT2D eigenvalue weighted by Gasteiger charge is 2.40. The summed E-state index contributed by atoms with van der Waals surface area (Å²) in [6, 6.07) is 11.2. The van der Waals surface area contributed by atoms with Gasteiger partial charge in [-0.15, -0.1) is 0 Å². The lowest BCUT2D eigenvalue weighted by Gasteiger charge is -2.50. The molecule has 0 spiro atoms. The maximum Gasteiger partial charge on any atom is 0.246 e. The zero-order valence-electron chi connectivity index (χ0n) is 15.5. The van der Waals surface area contributed by atoms with E-state index in [1.807, 2.05) is 0 Å². The van der Waals surface area contributed by atoms with Crippen molar-refractivity contribution in [3.8, 4) is 0 Å². The number of rotatable bonds is 8. The van der Waals surface area contributed by atoms with Crippen LogP contribution in [-0.4, -0.2) is 68.7 Å². The molecular weight excluding hydrogens is 314 g/mol. The topological polar surface area (TPSA) is 44.8 Å². The van der Waals surface area contributed by atoms with Crippen LogP contribution >= 0.6 is 0 Å². The molecule has 1 aromatic carbocycles. The van der Waals surface area contributed by atoms with Crippen molar-refractivity contribution in [1.29, 1.82) is 0 Å². The highest BCUT2D eigenvalue weighted by molar-refractivity contribution is 5.77. The van der Waals surface area contributed by atoms with Crippen LogP contribution in [0.15, 0.2) is 30.3 Å². The molecule has 1 amide bonds. The van der Waals surface area contributed by atoms with Gasteiger partial charge in [-0.25, -0.2) is 0 Å². The minimum atomic E-state index is -0.00992. The number of hydrogen-bond donors (Lipinski definition) is 1. The first-order chi connectivity index (χ1) is 12.2. The SMILES string of the molecule is COCC(=O)NC[C@H]1C[C@@H]2CCN1C[C@H]2CN(C)Cc1ccccc1. The molecule has 0 radical (unpaired) electrons. The van der Waals surface area contributed by atoms with Gasteiger partial charge in [0.05, 0.1) is 0 Å². The van der Waals surface area contributed by atoms with E-state index < -0.39 is 0 Å². The van der Waals surface area contributed by atoms with Gasteiger partial charge in [-0.1, -0.05) is 30.3 Å². The third kappa shape index (κ3) is 5.03. The molecule has 5 nitrogen and oxygen atoms in total. The second-order valence-electron chi connectivity index (χ2n) is 7.61. The average Bonchev–Trinajstić information content (AvgIpc) is 2.62. The Labute approximate surface area is 151 Å². The van der Waals surface area contributed by atoms with Crippen LogP contribution in [0.1, 0.15) is 18.4 Å². The van der Waals surface area contributed by atoms with Gasteiger partial charge in [-0.2, -0.15) is 0 Å². The maximum absolute atomic E-state index is 11.6. The van der Waals surface area contributed by atoms with E-state index >= 15 is 0 Å². The standard InChI is InChI=1S/C20H31N3O2/c1-22(12-16-6-4-3-5-7-16)13-18-14-23-9-8-17(18)10-19(23)11-21-20(24)15-25-2/h3-7,17-19H,8-15H2,1-2H3,(H,21,24)/t17-,18+,19+/m0/s1. The van der Waals surface area contributed by atoms with Crippen molar-refractivity contribution in [2.24, 2.45) is 11.8 Å². The van der Waals surface area contributed by atoms with E-state index in [1.54, 1.807) is 7.11 Å². The molecule has 4 atom stereocenters. The lowest BCUT2D eigenvalue weighted by molar-refractivity contribution is -0.125. The molecule has 3 saturated heterocycles. The smallest absolute Gasteiger partial charge is 0.246 e. The number of benzene rings is 1. The quantitative estimate of drug-likeness (QED) is 0.777. The van der Waals surface area contributed by atoms with Crippen LogP contribution in [-0.2, 0) is 16.1 Å². The monoisotopic (exact) mass is 345 g/mol. The van der Waals surface area contributed by atoms with E-state index in [1.165, 1.54) is 24.9 Å². The van der Waals surface area contributed by atoms with E-state index in [9.17, 15) is 4.79 Å². The average molecular weight is 345 g/mol. The van der Waals surface area contributed by atoms with Crippen molar-refractivity contribution in [2.45, 2.75) is 25.4 Å². The Morgan fingerprint density at radius 2 is 2.16 bits per heavy atom.